The summed E-state index contributed by atoms with van der Waals surface area (Å²) in [5.41, 5.74) is 8.67. The van der Waals surface area contributed by atoms with Crippen LogP contribution in [0.25, 0.3) is 44.4 Å². The summed E-state index contributed by atoms with van der Waals surface area (Å²) in [5, 5.41) is 11.7. The van der Waals surface area contributed by atoms with E-state index in [0.29, 0.717) is 0 Å². The summed E-state index contributed by atoms with van der Waals surface area (Å²) >= 11 is 0. The van der Waals surface area contributed by atoms with Gasteiger partial charge in [0.15, 0.2) is 0 Å². The smallest absolute Gasteiger partial charge is 0.101 e. The van der Waals surface area contributed by atoms with Crippen LogP contribution in [0.5, 0.6) is 0 Å². The Balaban J connectivity index is 1.77. The number of nitrogens with zero attached hydrogens (tertiary/aromatic N) is 2. The van der Waals surface area contributed by atoms with Crippen LogP contribution in [0.4, 0.5) is 0 Å². The minimum atomic E-state index is 0.883. The van der Waals surface area contributed by atoms with Crippen molar-refractivity contribution in [2.45, 2.75) is 13.8 Å². The Morgan fingerprint density at radius 1 is 0.533 bits per heavy atom. The number of hydrogen-bond donors (Lipinski definition) is 0. The Morgan fingerprint density at radius 3 is 1.90 bits per heavy atom. The molecule has 144 valence electrons. The van der Waals surface area contributed by atoms with E-state index in [4.69, 9.17) is 5.10 Å². The van der Waals surface area contributed by atoms with Crippen molar-refractivity contribution in [2.75, 3.05) is 0 Å². The highest BCUT2D eigenvalue weighted by Crippen LogP contribution is 2.36. The van der Waals surface area contributed by atoms with Crippen molar-refractivity contribution in [1.82, 2.24) is 10.2 Å². The Hall–Kier alpha value is -3.78. The van der Waals surface area contributed by atoms with Crippen LogP contribution in [0.15, 0.2) is 97.1 Å². The molecule has 1 heterocycles. The van der Waals surface area contributed by atoms with Gasteiger partial charge in [-0.15, -0.1) is 10.2 Å². The minimum Gasteiger partial charge on any atom is -0.150 e. The van der Waals surface area contributed by atoms with E-state index < -0.39 is 0 Å². The summed E-state index contributed by atoms with van der Waals surface area (Å²) in [6, 6.07) is 34.1. The third kappa shape index (κ3) is 3.37. The lowest BCUT2D eigenvalue weighted by molar-refractivity contribution is 1.05. The minimum absolute atomic E-state index is 0.883. The third-order valence-electron chi connectivity index (χ3n) is 5.55. The lowest BCUT2D eigenvalue weighted by atomic mass is 9.93. The fourth-order valence-corrected chi connectivity index (χ4v) is 3.85. The van der Waals surface area contributed by atoms with Gasteiger partial charge in [-0.2, -0.15) is 0 Å². The molecule has 0 spiro atoms. The number of rotatable bonds is 3. The quantitative estimate of drug-likeness (QED) is 0.326. The number of aryl methyl sites for hydroxylation is 2. The lowest BCUT2D eigenvalue weighted by Gasteiger charge is -2.13. The average molecular weight is 386 g/mol. The second-order valence-corrected chi connectivity index (χ2v) is 7.75. The van der Waals surface area contributed by atoms with Crippen LogP contribution in [0.1, 0.15) is 11.1 Å². The van der Waals surface area contributed by atoms with Crippen LogP contribution in [0.2, 0.25) is 0 Å². The molecule has 4 aromatic carbocycles. The van der Waals surface area contributed by atoms with Gasteiger partial charge >= 0.3 is 0 Å². The summed E-state index contributed by atoms with van der Waals surface area (Å²) < 4.78 is 0. The van der Waals surface area contributed by atoms with Crippen molar-refractivity contribution < 1.29 is 0 Å². The molecule has 1 aromatic heterocycles. The maximum atomic E-state index is 4.71. The van der Waals surface area contributed by atoms with E-state index >= 15 is 0 Å². The molecular formula is C28H22N2. The van der Waals surface area contributed by atoms with Gasteiger partial charge in [-0.3, -0.25) is 0 Å². The zero-order chi connectivity index (χ0) is 20.5. The van der Waals surface area contributed by atoms with Gasteiger partial charge in [-0.25, -0.2) is 0 Å². The van der Waals surface area contributed by atoms with Crippen molar-refractivity contribution in [3.63, 3.8) is 0 Å². The molecule has 0 unspecified atom stereocenters. The molecule has 0 amide bonds. The van der Waals surface area contributed by atoms with E-state index in [1.54, 1.807) is 0 Å². The van der Waals surface area contributed by atoms with Gasteiger partial charge < -0.3 is 0 Å². The van der Waals surface area contributed by atoms with Crippen LogP contribution < -0.4 is 0 Å². The molecule has 30 heavy (non-hydrogen) atoms. The number of hydrogen-bond acceptors (Lipinski definition) is 2. The second kappa shape index (κ2) is 7.57. The summed E-state index contributed by atoms with van der Waals surface area (Å²) in [4.78, 5) is 0. The highest BCUT2D eigenvalue weighted by Gasteiger charge is 2.15. The van der Waals surface area contributed by atoms with Crippen molar-refractivity contribution in [2.24, 2.45) is 0 Å². The van der Waals surface area contributed by atoms with Gasteiger partial charge in [-0.05, 0) is 36.2 Å². The highest BCUT2D eigenvalue weighted by molar-refractivity contribution is 6.00. The van der Waals surface area contributed by atoms with Crippen LogP contribution in [0.3, 0.4) is 0 Å². The van der Waals surface area contributed by atoms with Gasteiger partial charge in [-0.1, -0.05) is 102 Å². The number of fused-ring (bicyclic) bond motifs is 1. The zero-order valence-electron chi connectivity index (χ0n) is 17.1. The highest BCUT2D eigenvalue weighted by atomic mass is 15.1. The standard InChI is InChI=1S/C28H22N2/c1-19-10-14-22(15-11-19)27-18-26(25-9-5-7-21-6-3-4-8-24(21)25)28(30-29-27)23-16-12-20(2)13-17-23/h3-18H,1-2H3. The van der Waals surface area contributed by atoms with E-state index in [2.05, 4.69) is 116 Å². The Bertz CT molecular complexity index is 1330. The van der Waals surface area contributed by atoms with Crippen molar-refractivity contribution in [3.8, 4) is 33.6 Å². The molecule has 5 aromatic rings. The summed E-state index contributed by atoms with van der Waals surface area (Å²) in [6.07, 6.45) is 0. The first-order valence-electron chi connectivity index (χ1n) is 10.2. The number of benzene rings is 4. The molecule has 0 radical (unpaired) electrons. The van der Waals surface area contributed by atoms with Gasteiger partial charge in [0.2, 0.25) is 0 Å². The topological polar surface area (TPSA) is 25.8 Å². The van der Waals surface area contributed by atoms with Gasteiger partial charge in [0.05, 0.1) is 5.69 Å². The third-order valence-corrected chi connectivity index (χ3v) is 5.55. The molecular weight excluding hydrogens is 364 g/mol. The van der Waals surface area contributed by atoms with E-state index in [1.807, 2.05) is 0 Å². The zero-order valence-corrected chi connectivity index (χ0v) is 17.1. The fourth-order valence-electron chi connectivity index (χ4n) is 3.85. The second-order valence-electron chi connectivity index (χ2n) is 7.75. The van der Waals surface area contributed by atoms with Crippen LogP contribution in [0, 0.1) is 13.8 Å². The Labute approximate surface area is 176 Å². The molecule has 0 bridgehead atoms. The number of aromatic nitrogens is 2. The molecule has 0 atom stereocenters. The van der Waals surface area contributed by atoms with Crippen LogP contribution in [-0.4, -0.2) is 10.2 Å². The first-order chi connectivity index (χ1) is 14.7. The predicted molar refractivity (Wildman–Crippen MR) is 125 cm³/mol. The predicted octanol–water partition coefficient (Wildman–Crippen LogP) is 7.25. The molecule has 0 aliphatic rings. The normalized spacial score (nSPS) is 11.0. The fraction of sp³-hybridized carbons (Fsp3) is 0.0714. The molecule has 5 rings (SSSR count). The van der Waals surface area contributed by atoms with Crippen LogP contribution >= 0.6 is 0 Å². The van der Waals surface area contributed by atoms with Gasteiger partial charge in [0.25, 0.3) is 0 Å². The lowest BCUT2D eigenvalue weighted by Crippen LogP contribution is -1.96. The SMILES string of the molecule is Cc1ccc(-c2cc(-c3cccc4ccccc34)c(-c3ccc(C)cc3)nn2)cc1. The first-order valence-corrected chi connectivity index (χ1v) is 10.2. The molecule has 0 N–H and O–H groups in total. The first kappa shape index (κ1) is 18.3. The van der Waals surface area contributed by atoms with Gasteiger partial charge in [0, 0.05) is 16.7 Å². The van der Waals surface area contributed by atoms with E-state index in [1.165, 1.54) is 27.5 Å². The van der Waals surface area contributed by atoms with Crippen LogP contribution in [-0.2, 0) is 0 Å². The largest absolute Gasteiger partial charge is 0.150 e. The molecule has 0 fully saturated rings. The molecule has 2 heteroatoms. The summed E-state index contributed by atoms with van der Waals surface area (Å²) in [5.74, 6) is 0. The summed E-state index contributed by atoms with van der Waals surface area (Å²) in [7, 11) is 0. The molecule has 0 saturated carbocycles. The van der Waals surface area contributed by atoms with E-state index in [0.717, 1.165) is 28.1 Å². The van der Waals surface area contributed by atoms with Crippen molar-refractivity contribution >= 4 is 10.8 Å². The summed E-state index contributed by atoms with van der Waals surface area (Å²) in [6.45, 7) is 4.19. The van der Waals surface area contributed by atoms with Crippen molar-refractivity contribution in [1.29, 1.82) is 0 Å². The Morgan fingerprint density at radius 2 is 1.17 bits per heavy atom. The van der Waals surface area contributed by atoms with Gasteiger partial charge in [0.1, 0.15) is 5.69 Å². The maximum Gasteiger partial charge on any atom is 0.101 e. The molecule has 0 aliphatic heterocycles. The van der Waals surface area contributed by atoms with Crippen molar-refractivity contribution in [3.05, 3.63) is 108 Å². The molecule has 0 saturated heterocycles. The van der Waals surface area contributed by atoms with E-state index in [9.17, 15) is 0 Å². The maximum absolute atomic E-state index is 4.71. The Kier molecular flexibility index (Phi) is 4.61. The van der Waals surface area contributed by atoms with E-state index in [-0.39, 0.29) is 0 Å². The molecule has 0 aliphatic carbocycles. The molecule has 2 nitrogen and oxygen atoms in total. The monoisotopic (exact) mass is 386 g/mol. The average Bonchev–Trinajstić information content (AvgIpc) is 2.79.